The molecule has 5 nitrogen and oxygen atoms in total. The fourth-order valence-corrected chi connectivity index (χ4v) is 1.25. The third-order valence-corrected chi connectivity index (χ3v) is 2.42. The highest BCUT2D eigenvalue weighted by molar-refractivity contribution is 6.29. The number of rotatable bonds is 4. The molecule has 0 aliphatic rings. The zero-order valence-corrected chi connectivity index (χ0v) is 10.2. The molecule has 1 amide bonds. The summed E-state index contributed by atoms with van der Waals surface area (Å²) in [5, 5.41) is 0.268. The molecule has 0 saturated heterocycles. The molecule has 1 heterocycles. The fraction of sp³-hybridized carbons (Fsp3) is 0.500. The number of halogens is 1. The van der Waals surface area contributed by atoms with E-state index in [1.807, 2.05) is 6.92 Å². The second-order valence-electron chi connectivity index (χ2n) is 3.44. The van der Waals surface area contributed by atoms with E-state index in [9.17, 15) is 4.79 Å². The summed E-state index contributed by atoms with van der Waals surface area (Å²) < 4.78 is 4.98. The maximum atomic E-state index is 11.9. The summed E-state index contributed by atoms with van der Waals surface area (Å²) in [6.07, 6.45) is 2.71. The van der Waals surface area contributed by atoms with Crippen molar-refractivity contribution in [3.63, 3.8) is 0 Å². The summed E-state index contributed by atoms with van der Waals surface area (Å²) >= 11 is 5.59. The first kappa shape index (κ1) is 12.9. The van der Waals surface area contributed by atoms with Gasteiger partial charge in [-0.25, -0.2) is 9.97 Å². The molecule has 1 atom stereocenters. The molecular formula is C10H14ClN3O2. The Morgan fingerprint density at radius 3 is 2.75 bits per heavy atom. The van der Waals surface area contributed by atoms with E-state index in [4.69, 9.17) is 16.3 Å². The van der Waals surface area contributed by atoms with Gasteiger partial charge in [-0.1, -0.05) is 11.6 Å². The highest BCUT2D eigenvalue weighted by Gasteiger charge is 2.18. The van der Waals surface area contributed by atoms with Gasteiger partial charge < -0.3 is 9.64 Å². The topological polar surface area (TPSA) is 55.3 Å². The van der Waals surface area contributed by atoms with Gasteiger partial charge in [0, 0.05) is 14.2 Å². The monoisotopic (exact) mass is 243 g/mol. The fourth-order valence-electron chi connectivity index (χ4n) is 1.16. The molecule has 1 unspecified atom stereocenters. The summed E-state index contributed by atoms with van der Waals surface area (Å²) in [4.78, 5) is 21.2. The second kappa shape index (κ2) is 5.77. The van der Waals surface area contributed by atoms with Crippen LogP contribution in [-0.4, -0.2) is 47.6 Å². The van der Waals surface area contributed by atoms with Crippen LogP contribution in [0.4, 0.5) is 0 Å². The number of nitrogens with zero attached hydrogens (tertiary/aromatic N) is 3. The van der Waals surface area contributed by atoms with Crippen LogP contribution in [0.25, 0.3) is 0 Å². The maximum absolute atomic E-state index is 11.9. The molecule has 16 heavy (non-hydrogen) atoms. The minimum Gasteiger partial charge on any atom is -0.383 e. The third-order valence-electron chi connectivity index (χ3n) is 2.23. The lowest BCUT2D eigenvalue weighted by atomic mass is 10.3. The van der Waals surface area contributed by atoms with Gasteiger partial charge in [-0.05, 0) is 6.92 Å². The molecule has 0 fully saturated rings. The number of likely N-dealkylation sites (N-methyl/N-ethyl adjacent to an activating group) is 1. The van der Waals surface area contributed by atoms with E-state index in [1.165, 1.54) is 12.4 Å². The molecule has 88 valence electrons. The maximum Gasteiger partial charge on any atom is 0.274 e. The molecule has 0 N–H and O–H groups in total. The zero-order valence-electron chi connectivity index (χ0n) is 9.48. The molecule has 0 aliphatic heterocycles. The van der Waals surface area contributed by atoms with Crippen LogP contribution in [0.3, 0.4) is 0 Å². The van der Waals surface area contributed by atoms with Crippen molar-refractivity contribution in [2.24, 2.45) is 0 Å². The Balaban J connectivity index is 2.73. The highest BCUT2D eigenvalue weighted by atomic mass is 35.5. The Labute approximate surface area is 99.4 Å². The van der Waals surface area contributed by atoms with Gasteiger partial charge >= 0.3 is 0 Å². The molecule has 0 aromatic carbocycles. The first-order valence-corrected chi connectivity index (χ1v) is 5.17. The van der Waals surface area contributed by atoms with E-state index in [0.717, 1.165) is 0 Å². The summed E-state index contributed by atoms with van der Waals surface area (Å²) in [7, 11) is 3.29. The van der Waals surface area contributed by atoms with E-state index in [0.29, 0.717) is 6.61 Å². The summed E-state index contributed by atoms with van der Waals surface area (Å²) in [5.41, 5.74) is 0.273. The van der Waals surface area contributed by atoms with Gasteiger partial charge in [-0.15, -0.1) is 0 Å². The van der Waals surface area contributed by atoms with Gasteiger partial charge in [-0.2, -0.15) is 0 Å². The van der Waals surface area contributed by atoms with Crippen molar-refractivity contribution < 1.29 is 9.53 Å². The second-order valence-corrected chi connectivity index (χ2v) is 3.83. The molecule has 0 saturated carbocycles. The molecule has 6 heteroatoms. The molecule has 1 rings (SSSR count). The van der Waals surface area contributed by atoms with E-state index in [-0.39, 0.29) is 22.8 Å². The van der Waals surface area contributed by atoms with Crippen molar-refractivity contribution in [1.29, 1.82) is 0 Å². The van der Waals surface area contributed by atoms with E-state index in [1.54, 1.807) is 19.1 Å². The highest BCUT2D eigenvalue weighted by Crippen LogP contribution is 2.06. The van der Waals surface area contributed by atoms with Crippen molar-refractivity contribution in [3.8, 4) is 0 Å². The molecule has 0 aliphatic carbocycles. The van der Waals surface area contributed by atoms with Crippen molar-refractivity contribution in [3.05, 3.63) is 23.2 Å². The number of carbonyl (C=O) groups excluding carboxylic acids is 1. The van der Waals surface area contributed by atoms with Gasteiger partial charge in [0.15, 0.2) is 0 Å². The number of amides is 1. The lowest BCUT2D eigenvalue weighted by molar-refractivity contribution is 0.0627. The van der Waals surface area contributed by atoms with Crippen LogP contribution >= 0.6 is 11.6 Å². The normalized spacial score (nSPS) is 12.2. The van der Waals surface area contributed by atoms with Gasteiger partial charge in [0.05, 0.1) is 25.0 Å². The Morgan fingerprint density at radius 2 is 2.25 bits per heavy atom. The first-order valence-electron chi connectivity index (χ1n) is 4.80. The Hall–Kier alpha value is -1.20. The molecule has 0 bridgehead atoms. The minimum absolute atomic E-state index is 0.0185. The first-order chi connectivity index (χ1) is 7.56. The van der Waals surface area contributed by atoms with Crippen LogP contribution in [0.2, 0.25) is 5.15 Å². The van der Waals surface area contributed by atoms with Crippen LogP contribution in [0, 0.1) is 0 Å². The quantitative estimate of drug-likeness (QED) is 0.798. The Morgan fingerprint density at radius 1 is 1.56 bits per heavy atom. The lowest BCUT2D eigenvalue weighted by Crippen LogP contribution is -2.38. The standard InChI is InChI=1S/C10H14ClN3O2/c1-7(6-16-3)14(2)10(15)8-4-13-9(11)5-12-8/h4-5,7H,6H2,1-3H3. The number of hydrogen-bond donors (Lipinski definition) is 0. The van der Waals surface area contributed by atoms with E-state index < -0.39 is 0 Å². The van der Waals surface area contributed by atoms with E-state index >= 15 is 0 Å². The molecule has 0 radical (unpaired) electrons. The summed E-state index contributed by atoms with van der Waals surface area (Å²) in [6, 6.07) is -0.0185. The number of carbonyl (C=O) groups is 1. The predicted molar refractivity (Wildman–Crippen MR) is 60.5 cm³/mol. The van der Waals surface area contributed by atoms with Gasteiger partial charge in [0.2, 0.25) is 0 Å². The Kier molecular flexibility index (Phi) is 4.64. The van der Waals surface area contributed by atoms with Crippen LogP contribution in [0.1, 0.15) is 17.4 Å². The van der Waals surface area contributed by atoms with Crippen LogP contribution in [0.15, 0.2) is 12.4 Å². The number of methoxy groups -OCH3 is 1. The van der Waals surface area contributed by atoms with Crippen molar-refractivity contribution in [2.75, 3.05) is 20.8 Å². The van der Waals surface area contributed by atoms with Crippen LogP contribution < -0.4 is 0 Å². The van der Waals surface area contributed by atoms with Crippen molar-refractivity contribution in [2.45, 2.75) is 13.0 Å². The Bertz CT molecular complexity index is 356. The molecule has 0 spiro atoms. The lowest BCUT2D eigenvalue weighted by Gasteiger charge is -2.23. The molecular weight excluding hydrogens is 230 g/mol. The number of hydrogen-bond acceptors (Lipinski definition) is 4. The smallest absolute Gasteiger partial charge is 0.274 e. The van der Waals surface area contributed by atoms with Crippen LogP contribution in [-0.2, 0) is 4.74 Å². The van der Waals surface area contributed by atoms with Gasteiger partial charge in [-0.3, -0.25) is 4.79 Å². The van der Waals surface area contributed by atoms with Gasteiger partial charge in [0.1, 0.15) is 10.8 Å². The predicted octanol–water partition coefficient (Wildman–Crippen LogP) is 1.24. The number of ether oxygens (including phenoxy) is 1. The van der Waals surface area contributed by atoms with E-state index in [2.05, 4.69) is 9.97 Å². The zero-order chi connectivity index (χ0) is 12.1. The SMILES string of the molecule is COCC(C)N(C)C(=O)c1cnc(Cl)cn1. The molecule has 1 aromatic rings. The van der Waals surface area contributed by atoms with Crippen molar-refractivity contribution in [1.82, 2.24) is 14.9 Å². The van der Waals surface area contributed by atoms with Crippen molar-refractivity contribution >= 4 is 17.5 Å². The molecule has 1 aromatic heterocycles. The third kappa shape index (κ3) is 3.15. The average Bonchev–Trinajstić information content (AvgIpc) is 2.28. The minimum atomic E-state index is -0.200. The largest absolute Gasteiger partial charge is 0.383 e. The average molecular weight is 244 g/mol. The summed E-state index contributed by atoms with van der Waals surface area (Å²) in [5.74, 6) is -0.200. The van der Waals surface area contributed by atoms with Gasteiger partial charge in [0.25, 0.3) is 5.91 Å². The summed E-state index contributed by atoms with van der Waals surface area (Å²) in [6.45, 7) is 2.37. The number of aromatic nitrogens is 2. The van der Waals surface area contributed by atoms with Crippen LogP contribution in [0.5, 0.6) is 0 Å².